The number of benzene rings is 3. The van der Waals surface area contributed by atoms with Crippen molar-refractivity contribution >= 4 is 22.7 Å². The molecule has 2 N–H and O–H groups in total. The number of Topliss-reactive ketones (excluding diaryl/α,β-unsaturated/α-hetero) is 1. The number of ether oxygens (including phenoxy) is 2. The third kappa shape index (κ3) is 3.59. The van der Waals surface area contributed by atoms with Gasteiger partial charge in [-0.2, -0.15) is 0 Å². The molecule has 5 rings (SSSR count). The Hall–Kier alpha value is -4.13. The highest BCUT2D eigenvalue weighted by Gasteiger charge is 2.44. The van der Waals surface area contributed by atoms with E-state index in [0.717, 1.165) is 11.1 Å². The van der Waals surface area contributed by atoms with E-state index in [1.54, 1.807) is 54.7 Å². The third-order valence-corrected chi connectivity index (χ3v) is 6.44. The molecule has 0 saturated heterocycles. The summed E-state index contributed by atoms with van der Waals surface area (Å²) in [6.45, 7) is 2.16. The SMILES string of the molecule is CC(C(=O)O)(C(=O)c1ccc(OC[C@@H]2COc3cc(F)ccc32)cc1)c1cccc2[nH]ccc12. The van der Waals surface area contributed by atoms with Crippen LogP contribution in [0, 0.1) is 5.82 Å². The standard InChI is InChI=1S/C27H22FNO5/c1-27(26(31)32,22-3-2-4-23-21(22)11-12-29-23)25(30)16-5-8-19(9-6-16)33-14-17-15-34-24-13-18(28)7-10-20(17)24/h2-13,17,29H,14-15H2,1H3,(H,31,32)/t17-,27?/m1/s1. The van der Waals surface area contributed by atoms with Crippen LogP contribution in [0.5, 0.6) is 11.5 Å². The Kier molecular flexibility index (Phi) is 5.32. The molecule has 1 aliphatic rings. The van der Waals surface area contributed by atoms with Gasteiger partial charge < -0.3 is 19.6 Å². The smallest absolute Gasteiger partial charge is 0.321 e. The lowest BCUT2D eigenvalue weighted by Gasteiger charge is -2.25. The van der Waals surface area contributed by atoms with Crippen molar-refractivity contribution in [2.75, 3.05) is 13.2 Å². The topological polar surface area (TPSA) is 88.6 Å². The number of carboxylic acid groups (broad SMARTS) is 1. The van der Waals surface area contributed by atoms with E-state index in [-0.39, 0.29) is 17.3 Å². The highest BCUT2D eigenvalue weighted by molar-refractivity contribution is 6.18. The number of aliphatic carboxylic acids is 1. The molecule has 34 heavy (non-hydrogen) atoms. The molecule has 1 unspecified atom stereocenters. The average Bonchev–Trinajstić information content (AvgIpc) is 3.48. The number of rotatable bonds is 7. The molecule has 4 aromatic rings. The van der Waals surface area contributed by atoms with Crippen LogP contribution in [0.3, 0.4) is 0 Å². The molecule has 0 aliphatic carbocycles. The van der Waals surface area contributed by atoms with Gasteiger partial charge in [-0.3, -0.25) is 9.59 Å². The summed E-state index contributed by atoms with van der Waals surface area (Å²) in [4.78, 5) is 28.8. The number of ketones is 1. The minimum atomic E-state index is -1.76. The first-order chi connectivity index (χ1) is 16.4. The van der Waals surface area contributed by atoms with Gasteiger partial charge in [0.25, 0.3) is 0 Å². The number of carbonyl (C=O) groups is 2. The zero-order valence-corrected chi connectivity index (χ0v) is 18.4. The molecule has 0 bridgehead atoms. The number of carbonyl (C=O) groups excluding carboxylic acids is 1. The highest BCUT2D eigenvalue weighted by Crippen LogP contribution is 2.36. The quantitative estimate of drug-likeness (QED) is 0.297. The van der Waals surface area contributed by atoms with Crippen molar-refractivity contribution in [3.8, 4) is 11.5 Å². The number of halogens is 1. The van der Waals surface area contributed by atoms with Gasteiger partial charge in [0, 0.05) is 34.3 Å². The Morgan fingerprint density at radius 2 is 1.94 bits per heavy atom. The van der Waals surface area contributed by atoms with E-state index >= 15 is 0 Å². The number of fused-ring (bicyclic) bond motifs is 2. The maximum Gasteiger partial charge on any atom is 0.321 e. The third-order valence-electron chi connectivity index (χ3n) is 6.44. The predicted molar refractivity (Wildman–Crippen MR) is 124 cm³/mol. The molecule has 172 valence electrons. The fourth-order valence-corrected chi connectivity index (χ4v) is 4.43. The summed E-state index contributed by atoms with van der Waals surface area (Å²) in [6, 6.07) is 17.9. The molecule has 1 aliphatic heterocycles. The van der Waals surface area contributed by atoms with Gasteiger partial charge in [-0.1, -0.05) is 18.2 Å². The van der Waals surface area contributed by atoms with Crippen molar-refractivity contribution in [3.63, 3.8) is 0 Å². The van der Waals surface area contributed by atoms with Crippen molar-refractivity contribution in [1.29, 1.82) is 0 Å². The van der Waals surface area contributed by atoms with Gasteiger partial charge in [0.1, 0.15) is 17.3 Å². The lowest BCUT2D eigenvalue weighted by Crippen LogP contribution is -2.41. The number of aromatic amines is 1. The van der Waals surface area contributed by atoms with Gasteiger partial charge in [-0.25, -0.2) is 4.39 Å². The first kappa shape index (κ1) is 21.7. The van der Waals surface area contributed by atoms with Gasteiger partial charge in [0.05, 0.1) is 19.1 Å². The molecule has 6 nitrogen and oxygen atoms in total. The molecular formula is C27H22FNO5. The van der Waals surface area contributed by atoms with Crippen molar-refractivity contribution in [1.82, 2.24) is 4.98 Å². The normalized spacial score (nSPS) is 16.5. The minimum Gasteiger partial charge on any atom is -0.493 e. The molecule has 7 heteroatoms. The van der Waals surface area contributed by atoms with E-state index in [2.05, 4.69) is 4.98 Å². The Balaban J connectivity index is 1.35. The van der Waals surface area contributed by atoms with E-state index in [1.165, 1.54) is 19.1 Å². The lowest BCUT2D eigenvalue weighted by atomic mass is 9.75. The number of aromatic nitrogens is 1. The Bertz CT molecular complexity index is 1390. The lowest BCUT2D eigenvalue weighted by molar-refractivity contribution is -0.141. The molecule has 0 fully saturated rings. The summed E-state index contributed by atoms with van der Waals surface area (Å²) in [5.41, 5.74) is 0.603. The molecular weight excluding hydrogens is 437 g/mol. The average molecular weight is 459 g/mol. The number of hydrogen-bond donors (Lipinski definition) is 2. The summed E-state index contributed by atoms with van der Waals surface area (Å²) in [7, 11) is 0. The monoisotopic (exact) mass is 459 g/mol. The number of carboxylic acids is 1. The molecule has 2 atom stereocenters. The van der Waals surface area contributed by atoms with Gasteiger partial charge in [-0.15, -0.1) is 0 Å². The Labute approximate surface area is 194 Å². The van der Waals surface area contributed by atoms with Crippen LogP contribution in [0.25, 0.3) is 10.9 Å². The second-order valence-corrected chi connectivity index (χ2v) is 8.53. The van der Waals surface area contributed by atoms with Crippen LogP contribution in [0.15, 0.2) is 72.9 Å². The fraction of sp³-hybridized carbons (Fsp3) is 0.185. The first-order valence-corrected chi connectivity index (χ1v) is 10.9. The summed E-state index contributed by atoms with van der Waals surface area (Å²) < 4.78 is 24.8. The van der Waals surface area contributed by atoms with Crippen molar-refractivity contribution in [3.05, 3.63) is 95.4 Å². The summed E-state index contributed by atoms with van der Waals surface area (Å²) in [5.74, 6) is -1.05. The van der Waals surface area contributed by atoms with Crippen molar-refractivity contribution < 1.29 is 28.6 Å². The predicted octanol–water partition coefficient (Wildman–Crippen LogP) is 5.09. The van der Waals surface area contributed by atoms with Crippen LogP contribution in [0.4, 0.5) is 4.39 Å². The van der Waals surface area contributed by atoms with Gasteiger partial charge >= 0.3 is 5.97 Å². The van der Waals surface area contributed by atoms with E-state index in [0.29, 0.717) is 35.7 Å². The molecule has 0 saturated carbocycles. The van der Waals surface area contributed by atoms with Crippen molar-refractivity contribution in [2.24, 2.45) is 0 Å². The zero-order chi connectivity index (χ0) is 23.9. The van der Waals surface area contributed by atoms with Crippen molar-refractivity contribution in [2.45, 2.75) is 18.3 Å². The minimum absolute atomic E-state index is 0.0333. The van der Waals surface area contributed by atoms with Crippen LogP contribution in [0.2, 0.25) is 0 Å². The Morgan fingerprint density at radius 1 is 1.15 bits per heavy atom. The van der Waals surface area contributed by atoms with Crippen LogP contribution in [-0.4, -0.2) is 35.1 Å². The summed E-state index contributed by atoms with van der Waals surface area (Å²) in [5, 5.41) is 10.8. The van der Waals surface area contributed by atoms with Gasteiger partial charge in [-0.05, 0) is 55.0 Å². The second-order valence-electron chi connectivity index (χ2n) is 8.53. The van der Waals surface area contributed by atoms with Crippen LogP contribution >= 0.6 is 0 Å². The molecule has 2 heterocycles. The zero-order valence-electron chi connectivity index (χ0n) is 18.4. The molecule has 1 aromatic heterocycles. The fourth-order valence-electron chi connectivity index (χ4n) is 4.43. The molecule has 3 aromatic carbocycles. The first-order valence-electron chi connectivity index (χ1n) is 10.9. The summed E-state index contributed by atoms with van der Waals surface area (Å²) >= 11 is 0. The largest absolute Gasteiger partial charge is 0.493 e. The van der Waals surface area contributed by atoms with E-state index in [1.807, 2.05) is 6.07 Å². The molecule has 0 spiro atoms. The number of H-pyrrole nitrogens is 1. The summed E-state index contributed by atoms with van der Waals surface area (Å²) in [6.07, 6.45) is 1.72. The second kappa shape index (κ2) is 8.33. The van der Waals surface area contributed by atoms with E-state index < -0.39 is 17.2 Å². The van der Waals surface area contributed by atoms with Crippen LogP contribution in [-0.2, 0) is 10.2 Å². The molecule has 0 radical (unpaired) electrons. The van der Waals surface area contributed by atoms with Gasteiger partial charge in [0.2, 0.25) is 0 Å². The van der Waals surface area contributed by atoms with E-state index in [9.17, 15) is 19.1 Å². The maximum atomic E-state index is 13.4. The van der Waals surface area contributed by atoms with E-state index in [4.69, 9.17) is 9.47 Å². The van der Waals surface area contributed by atoms with Crippen LogP contribution < -0.4 is 9.47 Å². The van der Waals surface area contributed by atoms with Gasteiger partial charge in [0.15, 0.2) is 11.2 Å². The number of hydrogen-bond acceptors (Lipinski definition) is 4. The number of nitrogens with one attached hydrogen (secondary N) is 1. The molecule has 0 amide bonds. The maximum absolute atomic E-state index is 13.4. The van der Waals surface area contributed by atoms with Crippen LogP contribution in [0.1, 0.15) is 34.3 Å². The highest BCUT2D eigenvalue weighted by atomic mass is 19.1. The Morgan fingerprint density at radius 3 is 2.71 bits per heavy atom.